The molecule has 0 heterocycles. The molecule has 0 spiro atoms. The van der Waals surface area contributed by atoms with Gasteiger partial charge in [-0.1, -0.05) is 30.3 Å². The highest BCUT2D eigenvalue weighted by molar-refractivity contribution is 6.52. The molecule has 1 saturated carbocycles. The maximum absolute atomic E-state index is 12.2. The summed E-state index contributed by atoms with van der Waals surface area (Å²) in [6.07, 6.45) is 0.402. The number of hydrogen-bond donors (Lipinski definition) is 0. The van der Waals surface area contributed by atoms with Crippen LogP contribution in [-0.2, 0) is 4.79 Å². The van der Waals surface area contributed by atoms with Gasteiger partial charge in [0, 0.05) is 11.1 Å². The molecule has 0 unspecified atom stereocenters. The minimum atomic E-state index is -1.000. The molecule has 22 heavy (non-hydrogen) atoms. The number of carbonyl (C=O) groups excluding carboxylic acids is 2. The number of benzene rings is 2. The Morgan fingerprint density at radius 3 is 2.05 bits per heavy atom. The van der Waals surface area contributed by atoms with E-state index in [0.717, 1.165) is 0 Å². The number of hydrogen-bond acceptors (Lipinski definition) is 3. The molecule has 1 atom stereocenters. The van der Waals surface area contributed by atoms with Crippen LogP contribution < -0.4 is 4.74 Å². The molecular formula is C17H12Cl2O3. The molecule has 1 fully saturated rings. The third kappa shape index (κ3) is 3.16. The largest absolute Gasteiger partial charge is 0.426 e. The van der Waals surface area contributed by atoms with Crippen LogP contribution in [0.15, 0.2) is 54.6 Å². The van der Waals surface area contributed by atoms with Gasteiger partial charge in [-0.2, -0.15) is 0 Å². The fourth-order valence-corrected chi connectivity index (χ4v) is 2.57. The predicted octanol–water partition coefficient (Wildman–Crippen LogP) is 4.02. The lowest BCUT2D eigenvalue weighted by molar-refractivity contribution is -0.135. The van der Waals surface area contributed by atoms with E-state index in [9.17, 15) is 9.59 Å². The van der Waals surface area contributed by atoms with Crippen LogP contribution in [0.5, 0.6) is 5.75 Å². The standard InChI is InChI=1S/C17H12Cl2O3/c18-17(19)10-14(17)16(21)22-13-8-6-12(7-9-13)15(20)11-4-2-1-3-5-11/h1-9,14H,10H2/t14-/m0/s1. The lowest BCUT2D eigenvalue weighted by Gasteiger charge is -2.05. The van der Waals surface area contributed by atoms with Gasteiger partial charge in [0.05, 0.1) is 5.92 Å². The number of alkyl halides is 2. The first-order valence-electron chi connectivity index (χ1n) is 6.77. The fourth-order valence-electron chi connectivity index (χ4n) is 2.09. The summed E-state index contributed by atoms with van der Waals surface area (Å²) in [5, 5.41) is 0. The first-order valence-corrected chi connectivity index (χ1v) is 7.52. The molecule has 0 aliphatic heterocycles. The number of halogens is 2. The number of esters is 1. The Labute approximate surface area is 137 Å². The van der Waals surface area contributed by atoms with Crippen LogP contribution in [0.1, 0.15) is 22.3 Å². The van der Waals surface area contributed by atoms with Crippen molar-refractivity contribution in [1.82, 2.24) is 0 Å². The van der Waals surface area contributed by atoms with E-state index in [1.54, 1.807) is 36.4 Å². The molecule has 3 rings (SSSR count). The molecule has 1 aliphatic rings. The van der Waals surface area contributed by atoms with Gasteiger partial charge in [0.1, 0.15) is 10.1 Å². The van der Waals surface area contributed by atoms with Crippen LogP contribution in [0.3, 0.4) is 0 Å². The summed E-state index contributed by atoms with van der Waals surface area (Å²) in [4.78, 5) is 24.0. The number of ketones is 1. The Balaban J connectivity index is 1.68. The van der Waals surface area contributed by atoms with Gasteiger partial charge in [0.15, 0.2) is 5.78 Å². The summed E-state index contributed by atoms with van der Waals surface area (Å²) in [5.41, 5.74) is 1.14. The van der Waals surface area contributed by atoms with Crippen molar-refractivity contribution < 1.29 is 14.3 Å². The summed E-state index contributed by atoms with van der Waals surface area (Å²) >= 11 is 11.6. The first kappa shape index (κ1) is 15.1. The van der Waals surface area contributed by atoms with Gasteiger partial charge in [0.25, 0.3) is 0 Å². The number of ether oxygens (including phenoxy) is 1. The van der Waals surface area contributed by atoms with Gasteiger partial charge in [-0.15, -0.1) is 23.2 Å². The Hall–Kier alpha value is -1.84. The summed E-state index contributed by atoms with van der Waals surface area (Å²) in [6.45, 7) is 0. The van der Waals surface area contributed by atoms with Crippen molar-refractivity contribution >= 4 is 35.0 Å². The fraction of sp³-hybridized carbons (Fsp3) is 0.176. The van der Waals surface area contributed by atoms with E-state index in [-0.39, 0.29) is 5.78 Å². The van der Waals surface area contributed by atoms with Crippen molar-refractivity contribution in [2.45, 2.75) is 10.8 Å². The van der Waals surface area contributed by atoms with Crippen molar-refractivity contribution in [3.8, 4) is 5.75 Å². The highest BCUT2D eigenvalue weighted by Crippen LogP contribution is 2.53. The maximum Gasteiger partial charge on any atom is 0.317 e. The highest BCUT2D eigenvalue weighted by atomic mass is 35.5. The van der Waals surface area contributed by atoms with Gasteiger partial charge < -0.3 is 4.74 Å². The van der Waals surface area contributed by atoms with Gasteiger partial charge >= 0.3 is 5.97 Å². The molecule has 5 heteroatoms. The lowest BCUT2D eigenvalue weighted by Crippen LogP contribution is -2.14. The Morgan fingerprint density at radius 1 is 0.955 bits per heavy atom. The molecule has 112 valence electrons. The smallest absolute Gasteiger partial charge is 0.317 e. The van der Waals surface area contributed by atoms with Crippen LogP contribution in [0, 0.1) is 5.92 Å². The lowest BCUT2D eigenvalue weighted by atomic mass is 10.0. The third-order valence-corrected chi connectivity index (χ3v) is 4.32. The van der Waals surface area contributed by atoms with E-state index >= 15 is 0 Å². The zero-order valence-electron chi connectivity index (χ0n) is 11.5. The van der Waals surface area contributed by atoms with Crippen LogP contribution in [0.2, 0.25) is 0 Å². The molecule has 3 nitrogen and oxygen atoms in total. The molecule has 0 saturated heterocycles. The van der Waals surface area contributed by atoms with E-state index in [1.165, 1.54) is 0 Å². The second-order valence-electron chi connectivity index (χ2n) is 5.16. The van der Waals surface area contributed by atoms with Crippen molar-refractivity contribution in [2.75, 3.05) is 0 Å². The van der Waals surface area contributed by atoms with Gasteiger partial charge in [-0.05, 0) is 30.7 Å². The average Bonchev–Trinajstić information content (AvgIpc) is 3.17. The molecule has 0 radical (unpaired) electrons. The molecule has 0 amide bonds. The van der Waals surface area contributed by atoms with E-state index < -0.39 is 16.2 Å². The zero-order valence-corrected chi connectivity index (χ0v) is 13.0. The minimum Gasteiger partial charge on any atom is -0.426 e. The maximum atomic E-state index is 12.2. The molecule has 2 aromatic rings. The zero-order chi connectivity index (χ0) is 15.7. The molecule has 0 aromatic heterocycles. The molecule has 1 aliphatic carbocycles. The molecular weight excluding hydrogens is 323 g/mol. The number of carbonyl (C=O) groups is 2. The summed E-state index contributed by atoms with van der Waals surface area (Å²) in [7, 11) is 0. The van der Waals surface area contributed by atoms with Gasteiger partial charge in [-0.3, -0.25) is 9.59 Å². The minimum absolute atomic E-state index is 0.0822. The second kappa shape index (κ2) is 5.75. The molecule has 0 bridgehead atoms. The van der Waals surface area contributed by atoms with Gasteiger partial charge in [-0.25, -0.2) is 0 Å². The van der Waals surface area contributed by atoms with Crippen LogP contribution >= 0.6 is 23.2 Å². The summed E-state index contributed by atoms with van der Waals surface area (Å²) in [5.74, 6) is -0.652. The number of rotatable bonds is 4. The van der Waals surface area contributed by atoms with E-state index in [2.05, 4.69) is 0 Å². The molecule has 2 aromatic carbocycles. The highest BCUT2D eigenvalue weighted by Gasteiger charge is 2.57. The van der Waals surface area contributed by atoms with Crippen LogP contribution in [0.25, 0.3) is 0 Å². The Bertz CT molecular complexity index is 708. The van der Waals surface area contributed by atoms with Crippen molar-refractivity contribution in [2.24, 2.45) is 5.92 Å². The topological polar surface area (TPSA) is 43.4 Å². The predicted molar refractivity (Wildman–Crippen MR) is 84.5 cm³/mol. The van der Waals surface area contributed by atoms with Crippen LogP contribution in [0.4, 0.5) is 0 Å². The SMILES string of the molecule is O=C(c1ccccc1)c1ccc(OC(=O)[C@@H]2CC2(Cl)Cl)cc1. The molecule has 0 N–H and O–H groups in total. The summed E-state index contributed by atoms with van der Waals surface area (Å²) in [6, 6.07) is 15.4. The van der Waals surface area contributed by atoms with E-state index in [4.69, 9.17) is 27.9 Å². The Morgan fingerprint density at radius 2 is 1.50 bits per heavy atom. The van der Waals surface area contributed by atoms with Gasteiger partial charge in [0.2, 0.25) is 0 Å². The summed E-state index contributed by atoms with van der Waals surface area (Å²) < 4.78 is 4.20. The average molecular weight is 335 g/mol. The third-order valence-electron chi connectivity index (χ3n) is 3.48. The van der Waals surface area contributed by atoms with Crippen LogP contribution in [-0.4, -0.2) is 16.1 Å². The quantitative estimate of drug-likeness (QED) is 0.367. The van der Waals surface area contributed by atoms with Crippen molar-refractivity contribution in [3.05, 3.63) is 65.7 Å². The monoisotopic (exact) mass is 334 g/mol. The Kier molecular flexibility index (Phi) is 3.94. The van der Waals surface area contributed by atoms with Crippen molar-refractivity contribution in [1.29, 1.82) is 0 Å². The van der Waals surface area contributed by atoms with E-state index in [1.807, 2.05) is 18.2 Å². The first-order chi connectivity index (χ1) is 10.5. The van der Waals surface area contributed by atoms with Crippen molar-refractivity contribution in [3.63, 3.8) is 0 Å². The van der Waals surface area contributed by atoms with E-state index in [0.29, 0.717) is 23.3 Å². The second-order valence-corrected chi connectivity index (χ2v) is 6.70. The normalized spacial score (nSPS) is 18.5.